The smallest absolute Gasteiger partial charge is 0.241 e. The molecule has 0 aliphatic carbocycles. The molecular weight excluding hydrogens is 252 g/mol. The van der Waals surface area contributed by atoms with Crippen LogP contribution in [-0.2, 0) is 14.6 Å². The summed E-state index contributed by atoms with van der Waals surface area (Å²) in [5.41, 5.74) is 6.72. The number of carbonyl (C=O) groups excluding carboxylic acids is 1. The Morgan fingerprint density at radius 2 is 2.06 bits per heavy atom. The van der Waals surface area contributed by atoms with Gasteiger partial charge < -0.3 is 10.6 Å². The maximum atomic E-state index is 12.4. The van der Waals surface area contributed by atoms with Gasteiger partial charge in [-0.1, -0.05) is 6.07 Å². The van der Waals surface area contributed by atoms with Gasteiger partial charge in [-0.05, 0) is 31.0 Å². The van der Waals surface area contributed by atoms with Crippen molar-refractivity contribution in [3.63, 3.8) is 0 Å². The molecule has 1 amide bonds. The zero-order valence-corrected chi connectivity index (χ0v) is 11.2. The molecule has 1 saturated heterocycles. The third-order valence-electron chi connectivity index (χ3n) is 3.23. The second-order valence-corrected chi connectivity index (χ2v) is 6.72. The lowest BCUT2D eigenvalue weighted by molar-refractivity contribution is -0.126. The summed E-state index contributed by atoms with van der Waals surface area (Å²) >= 11 is 0. The number of nitrogens with two attached hydrogens (primary N) is 1. The largest absolute Gasteiger partial charge is 0.398 e. The lowest BCUT2D eigenvalue weighted by Crippen LogP contribution is -2.32. The number of nitrogen functional groups attached to an aromatic ring is 1. The normalized spacial score (nSPS) is 20.4. The van der Waals surface area contributed by atoms with Crippen LogP contribution in [0.5, 0.6) is 0 Å². The Kier molecular flexibility index (Phi) is 3.06. The van der Waals surface area contributed by atoms with E-state index in [9.17, 15) is 13.2 Å². The van der Waals surface area contributed by atoms with E-state index in [-0.39, 0.29) is 16.5 Å². The Morgan fingerprint density at radius 3 is 2.61 bits per heavy atom. The average Bonchev–Trinajstić information content (AvgIpc) is 2.63. The van der Waals surface area contributed by atoms with E-state index in [0.717, 1.165) is 5.56 Å². The third-order valence-corrected chi connectivity index (χ3v) is 5.38. The summed E-state index contributed by atoms with van der Waals surface area (Å²) in [6.07, 6.45) is 0.324. The van der Waals surface area contributed by atoms with Gasteiger partial charge in [0.2, 0.25) is 5.91 Å². The Bertz CT molecular complexity index is 595. The number of aryl methyl sites for hydroxylation is 1. The van der Waals surface area contributed by atoms with E-state index >= 15 is 0 Å². The van der Waals surface area contributed by atoms with Crippen molar-refractivity contribution in [3.8, 4) is 0 Å². The van der Waals surface area contributed by atoms with Gasteiger partial charge in [0.25, 0.3) is 0 Å². The van der Waals surface area contributed by atoms with Crippen molar-refractivity contribution in [1.82, 2.24) is 4.90 Å². The summed E-state index contributed by atoms with van der Waals surface area (Å²) in [5, 5.41) is -0.994. The van der Waals surface area contributed by atoms with Gasteiger partial charge >= 0.3 is 0 Å². The highest BCUT2D eigenvalue weighted by Crippen LogP contribution is 2.28. The van der Waals surface area contributed by atoms with Crippen molar-refractivity contribution in [2.45, 2.75) is 23.5 Å². The van der Waals surface area contributed by atoms with E-state index < -0.39 is 15.1 Å². The molecule has 1 aliphatic rings. The fourth-order valence-electron chi connectivity index (χ4n) is 2.12. The number of likely N-dealkylation sites (tertiary alicyclic amines) is 1. The van der Waals surface area contributed by atoms with Crippen LogP contribution in [0.15, 0.2) is 23.1 Å². The molecular formula is C12H16N2O3S. The molecule has 0 saturated carbocycles. The molecule has 0 bridgehead atoms. The Labute approximate surface area is 107 Å². The molecule has 98 valence electrons. The fourth-order valence-corrected chi connectivity index (χ4v) is 4.03. The number of nitrogens with zero attached hydrogens (tertiary/aromatic N) is 1. The first-order valence-electron chi connectivity index (χ1n) is 5.69. The van der Waals surface area contributed by atoms with Crippen LogP contribution in [0.25, 0.3) is 0 Å². The molecule has 2 rings (SSSR count). The highest BCUT2D eigenvalue weighted by atomic mass is 32.2. The standard InChI is InChI=1S/C12H16N2O3S/c1-8-3-4-9(13)11(7-8)18(16,17)10-5-6-14(2)12(10)15/h3-4,7,10H,5-6,13H2,1-2H3. The fraction of sp³-hybridized carbons (Fsp3) is 0.417. The number of sulfone groups is 1. The van der Waals surface area contributed by atoms with Gasteiger partial charge in [0.05, 0.1) is 10.6 Å². The average molecular weight is 268 g/mol. The van der Waals surface area contributed by atoms with Crippen molar-refractivity contribution in [3.05, 3.63) is 23.8 Å². The van der Waals surface area contributed by atoms with Crippen molar-refractivity contribution in [2.24, 2.45) is 0 Å². The third kappa shape index (κ3) is 1.96. The molecule has 0 aromatic heterocycles. The summed E-state index contributed by atoms with van der Waals surface area (Å²) in [6.45, 7) is 2.26. The van der Waals surface area contributed by atoms with E-state index in [4.69, 9.17) is 5.73 Å². The number of carbonyl (C=O) groups is 1. The van der Waals surface area contributed by atoms with E-state index in [0.29, 0.717) is 13.0 Å². The molecule has 1 unspecified atom stereocenters. The topological polar surface area (TPSA) is 80.5 Å². The summed E-state index contributed by atoms with van der Waals surface area (Å²) in [7, 11) is -2.08. The second kappa shape index (κ2) is 4.28. The Morgan fingerprint density at radius 1 is 1.39 bits per heavy atom. The SMILES string of the molecule is Cc1ccc(N)c(S(=O)(=O)C2CCN(C)C2=O)c1. The van der Waals surface area contributed by atoms with Crippen LogP contribution < -0.4 is 5.73 Å². The highest BCUT2D eigenvalue weighted by Gasteiger charge is 2.41. The maximum Gasteiger partial charge on any atom is 0.241 e. The number of hydrogen-bond acceptors (Lipinski definition) is 4. The molecule has 5 nitrogen and oxygen atoms in total. The predicted molar refractivity (Wildman–Crippen MR) is 68.8 cm³/mol. The van der Waals surface area contributed by atoms with E-state index in [1.54, 1.807) is 26.1 Å². The molecule has 1 fully saturated rings. The summed E-state index contributed by atoms with van der Waals surface area (Å²) < 4.78 is 24.9. The van der Waals surface area contributed by atoms with E-state index in [1.165, 1.54) is 11.0 Å². The predicted octanol–water partition coefficient (Wildman–Crippen LogP) is 0.582. The number of benzene rings is 1. The molecule has 0 spiro atoms. The minimum Gasteiger partial charge on any atom is -0.398 e. The number of anilines is 1. The van der Waals surface area contributed by atoms with E-state index in [1.807, 2.05) is 0 Å². The van der Waals surface area contributed by atoms with Crippen molar-refractivity contribution >= 4 is 21.4 Å². The first-order valence-corrected chi connectivity index (χ1v) is 7.23. The second-order valence-electron chi connectivity index (χ2n) is 4.62. The first-order chi connectivity index (χ1) is 8.34. The van der Waals surface area contributed by atoms with Crippen LogP contribution in [-0.4, -0.2) is 38.1 Å². The van der Waals surface area contributed by atoms with Crippen molar-refractivity contribution < 1.29 is 13.2 Å². The number of rotatable bonds is 2. The first kappa shape index (κ1) is 12.9. The summed E-state index contributed by atoms with van der Waals surface area (Å²) in [6, 6.07) is 4.83. The molecule has 1 aromatic rings. The molecule has 0 radical (unpaired) electrons. The van der Waals surface area contributed by atoms with Crippen molar-refractivity contribution in [2.75, 3.05) is 19.3 Å². The van der Waals surface area contributed by atoms with Crippen LogP contribution in [0.3, 0.4) is 0 Å². The number of hydrogen-bond donors (Lipinski definition) is 1. The van der Waals surface area contributed by atoms with Gasteiger partial charge in [-0.2, -0.15) is 0 Å². The monoisotopic (exact) mass is 268 g/mol. The van der Waals surface area contributed by atoms with Gasteiger partial charge in [-0.3, -0.25) is 4.79 Å². The highest BCUT2D eigenvalue weighted by molar-refractivity contribution is 7.93. The van der Waals surface area contributed by atoms with Crippen LogP contribution in [0.4, 0.5) is 5.69 Å². The lowest BCUT2D eigenvalue weighted by Gasteiger charge is -2.13. The van der Waals surface area contributed by atoms with Crippen LogP contribution in [0.2, 0.25) is 0 Å². The van der Waals surface area contributed by atoms with Crippen LogP contribution >= 0.6 is 0 Å². The van der Waals surface area contributed by atoms with Gasteiger partial charge in [-0.25, -0.2) is 8.42 Å². The summed E-state index contributed by atoms with van der Waals surface area (Å²) in [4.78, 5) is 13.3. The van der Waals surface area contributed by atoms with Gasteiger partial charge in [0.15, 0.2) is 9.84 Å². The minimum atomic E-state index is -3.69. The van der Waals surface area contributed by atoms with Crippen LogP contribution in [0, 0.1) is 6.92 Å². The van der Waals surface area contributed by atoms with Gasteiger partial charge in [0, 0.05) is 13.6 Å². The van der Waals surface area contributed by atoms with Crippen molar-refractivity contribution in [1.29, 1.82) is 0 Å². The molecule has 6 heteroatoms. The van der Waals surface area contributed by atoms with Gasteiger partial charge in [0.1, 0.15) is 5.25 Å². The number of amides is 1. The zero-order valence-electron chi connectivity index (χ0n) is 10.4. The molecule has 1 aromatic carbocycles. The minimum absolute atomic E-state index is 0.0659. The molecule has 1 heterocycles. The Balaban J connectivity index is 2.49. The Hall–Kier alpha value is -1.56. The molecule has 1 atom stereocenters. The summed E-state index contributed by atoms with van der Waals surface area (Å²) in [5.74, 6) is -0.351. The molecule has 2 N–H and O–H groups in total. The zero-order chi connectivity index (χ0) is 13.5. The maximum absolute atomic E-state index is 12.4. The molecule has 1 aliphatic heterocycles. The quantitative estimate of drug-likeness (QED) is 0.796. The van der Waals surface area contributed by atoms with Crippen LogP contribution in [0.1, 0.15) is 12.0 Å². The lowest BCUT2D eigenvalue weighted by atomic mass is 10.2. The van der Waals surface area contributed by atoms with Gasteiger partial charge in [-0.15, -0.1) is 0 Å². The van der Waals surface area contributed by atoms with E-state index in [2.05, 4.69) is 0 Å². The molecule has 18 heavy (non-hydrogen) atoms.